The van der Waals surface area contributed by atoms with Gasteiger partial charge in [-0.1, -0.05) is 12.1 Å². The van der Waals surface area contributed by atoms with Crippen LogP contribution in [-0.4, -0.2) is 4.92 Å². The summed E-state index contributed by atoms with van der Waals surface area (Å²) < 4.78 is 0.886. The molecule has 0 radical (unpaired) electrons. The summed E-state index contributed by atoms with van der Waals surface area (Å²) in [7, 11) is 0. The Kier molecular flexibility index (Phi) is 3.00. The quantitative estimate of drug-likeness (QED) is 0.430. The summed E-state index contributed by atoms with van der Waals surface area (Å²) in [5.41, 5.74) is 7.17. The number of nitrogens with two attached hydrogens (primary N) is 1. The van der Waals surface area contributed by atoms with Crippen LogP contribution in [0, 0.1) is 10.1 Å². The Morgan fingerprint density at radius 1 is 1.10 bits per heavy atom. The van der Waals surface area contributed by atoms with Crippen LogP contribution in [0.3, 0.4) is 0 Å². The predicted molar refractivity (Wildman–Crippen MR) is 82.6 cm³/mol. The molecule has 3 aromatic rings. The van der Waals surface area contributed by atoms with Crippen molar-refractivity contribution >= 4 is 43.5 Å². The second kappa shape index (κ2) is 4.82. The van der Waals surface area contributed by atoms with E-state index in [1.807, 2.05) is 12.1 Å². The maximum Gasteiger partial charge on any atom is 0.311 e. The molecule has 2 aromatic carbocycles. The molecule has 0 bridgehead atoms. The van der Waals surface area contributed by atoms with E-state index < -0.39 is 0 Å². The number of fused-ring (bicyclic) bond motifs is 1. The zero-order chi connectivity index (χ0) is 14.1. The van der Waals surface area contributed by atoms with Crippen molar-refractivity contribution in [2.45, 2.75) is 0 Å². The first-order chi connectivity index (χ1) is 9.65. The molecule has 20 heavy (non-hydrogen) atoms. The molecule has 100 valence electrons. The van der Waals surface area contributed by atoms with Gasteiger partial charge in [0.1, 0.15) is 0 Å². The summed E-state index contributed by atoms with van der Waals surface area (Å²) in [5, 5.41) is 15.6. The number of benzene rings is 2. The van der Waals surface area contributed by atoms with Crippen LogP contribution >= 0.6 is 11.3 Å². The van der Waals surface area contributed by atoms with Crippen molar-refractivity contribution in [2.24, 2.45) is 0 Å². The molecule has 0 saturated heterocycles. The maximum atomic E-state index is 11.3. The highest BCUT2D eigenvalue weighted by Gasteiger charge is 2.22. The van der Waals surface area contributed by atoms with Crippen molar-refractivity contribution in [3.05, 3.63) is 58.6 Å². The largest absolute Gasteiger partial charge is 0.399 e. The topological polar surface area (TPSA) is 81.2 Å². The number of nitrogens with zero attached hydrogens (tertiary/aromatic N) is 1. The SMILES string of the molecule is Nc1ccc(Nc2sc3ccccc3c2[N+](=O)[O-])cc1. The molecule has 0 unspecified atom stereocenters. The van der Waals surface area contributed by atoms with Gasteiger partial charge in [0.25, 0.3) is 0 Å². The second-order valence-corrected chi connectivity index (χ2v) is 5.33. The van der Waals surface area contributed by atoms with Gasteiger partial charge in [0, 0.05) is 16.1 Å². The molecule has 6 heteroatoms. The van der Waals surface area contributed by atoms with Crippen molar-refractivity contribution in [3.8, 4) is 0 Å². The zero-order valence-corrected chi connectivity index (χ0v) is 11.2. The van der Waals surface area contributed by atoms with Gasteiger partial charge in [0.2, 0.25) is 0 Å². The van der Waals surface area contributed by atoms with E-state index in [2.05, 4.69) is 5.32 Å². The van der Waals surface area contributed by atoms with Crippen molar-refractivity contribution in [1.82, 2.24) is 0 Å². The molecular weight excluding hydrogens is 274 g/mol. The van der Waals surface area contributed by atoms with E-state index in [1.54, 1.807) is 36.4 Å². The Labute approximate surface area is 118 Å². The van der Waals surface area contributed by atoms with E-state index in [-0.39, 0.29) is 10.6 Å². The van der Waals surface area contributed by atoms with Crippen LogP contribution in [0.5, 0.6) is 0 Å². The summed E-state index contributed by atoms with van der Waals surface area (Å²) in [5.74, 6) is 0. The lowest BCUT2D eigenvalue weighted by Gasteiger charge is -2.03. The molecule has 1 heterocycles. The average molecular weight is 285 g/mol. The summed E-state index contributed by atoms with van der Waals surface area (Å²) in [6, 6.07) is 14.4. The van der Waals surface area contributed by atoms with E-state index in [0.29, 0.717) is 16.1 Å². The highest BCUT2D eigenvalue weighted by molar-refractivity contribution is 7.23. The number of rotatable bonds is 3. The number of nitrogens with one attached hydrogen (secondary N) is 1. The van der Waals surface area contributed by atoms with Gasteiger partial charge in [-0.25, -0.2) is 0 Å². The highest BCUT2D eigenvalue weighted by atomic mass is 32.1. The van der Waals surface area contributed by atoms with Crippen LogP contribution < -0.4 is 11.1 Å². The maximum absolute atomic E-state index is 11.3. The Bertz CT molecular complexity index is 781. The summed E-state index contributed by atoms with van der Waals surface area (Å²) in [6.07, 6.45) is 0. The van der Waals surface area contributed by atoms with Crippen LogP contribution in [0.25, 0.3) is 10.1 Å². The predicted octanol–water partition coefficient (Wildman–Crippen LogP) is 4.14. The molecule has 5 nitrogen and oxygen atoms in total. The Morgan fingerprint density at radius 2 is 1.80 bits per heavy atom. The first-order valence-electron chi connectivity index (χ1n) is 5.93. The number of hydrogen-bond donors (Lipinski definition) is 2. The number of nitrogen functional groups attached to an aromatic ring is 1. The fraction of sp³-hybridized carbons (Fsp3) is 0. The third kappa shape index (κ3) is 2.17. The molecule has 0 aliphatic rings. The van der Waals surface area contributed by atoms with E-state index in [0.717, 1.165) is 10.4 Å². The van der Waals surface area contributed by atoms with Crippen molar-refractivity contribution in [3.63, 3.8) is 0 Å². The smallest absolute Gasteiger partial charge is 0.311 e. The van der Waals surface area contributed by atoms with E-state index in [1.165, 1.54) is 11.3 Å². The molecule has 3 rings (SSSR count). The van der Waals surface area contributed by atoms with Crippen LogP contribution in [0.1, 0.15) is 0 Å². The second-order valence-electron chi connectivity index (χ2n) is 4.28. The normalized spacial score (nSPS) is 10.6. The molecule has 1 aromatic heterocycles. The minimum absolute atomic E-state index is 0.113. The van der Waals surface area contributed by atoms with Crippen molar-refractivity contribution < 1.29 is 4.92 Å². The Balaban J connectivity index is 2.08. The zero-order valence-electron chi connectivity index (χ0n) is 10.4. The fourth-order valence-electron chi connectivity index (χ4n) is 2.00. The van der Waals surface area contributed by atoms with Gasteiger partial charge in [0.05, 0.1) is 10.3 Å². The van der Waals surface area contributed by atoms with Crippen molar-refractivity contribution in [2.75, 3.05) is 11.1 Å². The minimum atomic E-state index is -0.349. The molecule has 0 fully saturated rings. The lowest BCUT2D eigenvalue weighted by molar-refractivity contribution is -0.381. The Hall–Kier alpha value is -2.60. The van der Waals surface area contributed by atoms with Gasteiger partial charge >= 0.3 is 5.69 Å². The first kappa shape index (κ1) is 12.4. The molecule has 0 saturated carbocycles. The third-order valence-corrected chi connectivity index (χ3v) is 4.00. The van der Waals surface area contributed by atoms with Crippen molar-refractivity contribution in [1.29, 1.82) is 0 Å². The van der Waals surface area contributed by atoms with Crippen LogP contribution in [-0.2, 0) is 0 Å². The molecule has 0 amide bonds. The van der Waals surface area contributed by atoms with E-state index in [4.69, 9.17) is 5.73 Å². The lowest BCUT2D eigenvalue weighted by atomic mass is 10.2. The van der Waals surface area contributed by atoms with Crippen LogP contribution in [0.2, 0.25) is 0 Å². The number of thiophene rings is 1. The molecule has 0 aliphatic carbocycles. The number of anilines is 3. The summed E-state index contributed by atoms with van der Waals surface area (Å²) in [6.45, 7) is 0. The van der Waals surface area contributed by atoms with Gasteiger partial charge < -0.3 is 11.1 Å². The van der Waals surface area contributed by atoms with E-state index in [9.17, 15) is 10.1 Å². The third-order valence-electron chi connectivity index (χ3n) is 2.92. The van der Waals surface area contributed by atoms with Crippen LogP contribution in [0.15, 0.2) is 48.5 Å². The lowest BCUT2D eigenvalue weighted by Crippen LogP contribution is -1.94. The van der Waals surface area contributed by atoms with Gasteiger partial charge in [-0.2, -0.15) is 0 Å². The molecule has 3 N–H and O–H groups in total. The first-order valence-corrected chi connectivity index (χ1v) is 6.75. The minimum Gasteiger partial charge on any atom is -0.399 e. The average Bonchev–Trinajstić information content (AvgIpc) is 2.79. The summed E-state index contributed by atoms with van der Waals surface area (Å²) in [4.78, 5) is 10.9. The monoisotopic (exact) mass is 285 g/mol. The molecule has 0 spiro atoms. The van der Waals surface area contributed by atoms with Gasteiger partial charge in [-0.15, -0.1) is 11.3 Å². The Morgan fingerprint density at radius 3 is 2.50 bits per heavy atom. The van der Waals surface area contributed by atoms with Gasteiger partial charge in [0.15, 0.2) is 5.00 Å². The van der Waals surface area contributed by atoms with E-state index >= 15 is 0 Å². The molecule has 0 atom stereocenters. The molecule has 0 aliphatic heterocycles. The summed E-state index contributed by atoms with van der Waals surface area (Å²) >= 11 is 1.37. The fourth-order valence-corrected chi connectivity index (χ4v) is 3.09. The van der Waals surface area contributed by atoms with Crippen LogP contribution in [0.4, 0.5) is 22.1 Å². The van der Waals surface area contributed by atoms with Gasteiger partial charge in [-0.05, 0) is 36.4 Å². The number of hydrogen-bond acceptors (Lipinski definition) is 5. The highest BCUT2D eigenvalue weighted by Crippen LogP contribution is 2.42. The molecular formula is C14H11N3O2S. The standard InChI is InChI=1S/C14H11N3O2S/c15-9-5-7-10(8-6-9)16-14-13(17(18)19)11-3-1-2-4-12(11)20-14/h1-8,16H,15H2. The number of nitro groups is 1. The van der Waals surface area contributed by atoms with Gasteiger partial charge in [-0.3, -0.25) is 10.1 Å².